The second-order valence-corrected chi connectivity index (χ2v) is 7.34. The van der Waals surface area contributed by atoms with E-state index in [1.54, 1.807) is 12.1 Å². The average Bonchev–Trinajstić information content (AvgIpc) is 2.68. The molecule has 1 atom stereocenters. The van der Waals surface area contributed by atoms with Gasteiger partial charge in [-0.25, -0.2) is 0 Å². The van der Waals surface area contributed by atoms with E-state index in [0.717, 1.165) is 11.3 Å². The van der Waals surface area contributed by atoms with Gasteiger partial charge in [0.15, 0.2) is 0 Å². The predicted molar refractivity (Wildman–Crippen MR) is 109 cm³/mol. The minimum absolute atomic E-state index is 0.0209. The number of hydrogen-bond acceptors (Lipinski definition) is 6. The molecule has 1 aliphatic rings. The van der Waals surface area contributed by atoms with E-state index >= 15 is 0 Å². The van der Waals surface area contributed by atoms with Crippen LogP contribution in [0.25, 0.3) is 0 Å². The molecule has 7 nitrogen and oxygen atoms in total. The van der Waals surface area contributed by atoms with Crippen molar-refractivity contribution in [1.82, 2.24) is 4.90 Å². The summed E-state index contributed by atoms with van der Waals surface area (Å²) in [7, 11) is 0. The molecule has 0 radical (unpaired) electrons. The Labute approximate surface area is 169 Å². The topological polar surface area (TPSA) is 79.1 Å². The Morgan fingerprint density at radius 2 is 1.93 bits per heavy atom. The van der Waals surface area contributed by atoms with Crippen molar-refractivity contribution >= 4 is 23.0 Å². The van der Waals surface area contributed by atoms with Crippen LogP contribution in [0.15, 0.2) is 42.5 Å². The van der Waals surface area contributed by atoms with Crippen LogP contribution in [0.5, 0.6) is 5.75 Å². The van der Waals surface area contributed by atoms with Crippen molar-refractivity contribution in [2.24, 2.45) is 0 Å². The van der Waals surface area contributed by atoms with E-state index in [1.165, 1.54) is 6.07 Å². The number of nitro benzene ring substituents is 1. The number of nitro groups is 1. The molecule has 0 saturated carbocycles. The lowest BCUT2D eigenvalue weighted by Gasteiger charge is -2.36. The second kappa shape index (κ2) is 9.23. The molecule has 8 heteroatoms. The van der Waals surface area contributed by atoms with E-state index < -0.39 is 11.0 Å². The Kier molecular flexibility index (Phi) is 6.72. The van der Waals surface area contributed by atoms with Crippen LogP contribution in [0, 0.1) is 17.0 Å². The van der Waals surface area contributed by atoms with Gasteiger partial charge in [-0.05, 0) is 30.7 Å². The summed E-state index contributed by atoms with van der Waals surface area (Å²) in [6, 6.07) is 12.5. The van der Waals surface area contributed by atoms with Gasteiger partial charge in [0.05, 0.1) is 4.92 Å². The van der Waals surface area contributed by atoms with Crippen LogP contribution in [-0.4, -0.2) is 60.4 Å². The summed E-state index contributed by atoms with van der Waals surface area (Å²) in [6.07, 6.45) is -0.601. The van der Waals surface area contributed by atoms with Crippen molar-refractivity contribution in [2.45, 2.75) is 13.0 Å². The van der Waals surface area contributed by atoms with E-state index in [4.69, 9.17) is 16.3 Å². The number of hydrogen-bond donors (Lipinski definition) is 1. The maximum Gasteiger partial charge on any atom is 0.294 e. The Hall–Kier alpha value is -2.35. The fourth-order valence-electron chi connectivity index (χ4n) is 3.34. The van der Waals surface area contributed by atoms with Crippen molar-refractivity contribution in [3.63, 3.8) is 0 Å². The lowest BCUT2D eigenvalue weighted by Crippen LogP contribution is -2.49. The number of β-amino-alcohol motifs (C(OH)–C–C–N with tert-alkyl or cyclic N) is 1. The fourth-order valence-corrected chi connectivity index (χ4v) is 3.50. The predicted octanol–water partition coefficient (Wildman–Crippen LogP) is 3.12. The smallest absolute Gasteiger partial charge is 0.294 e. The molecular weight excluding hydrogens is 382 g/mol. The zero-order valence-corrected chi connectivity index (χ0v) is 16.5. The number of nitrogens with zero attached hydrogens (tertiary/aromatic N) is 3. The van der Waals surface area contributed by atoms with Crippen molar-refractivity contribution in [2.75, 3.05) is 44.2 Å². The van der Waals surface area contributed by atoms with Crippen LogP contribution in [0.3, 0.4) is 0 Å². The molecule has 2 aromatic rings. The third-order valence-corrected chi connectivity index (χ3v) is 5.08. The molecule has 1 aliphatic heterocycles. The molecule has 0 aromatic heterocycles. The highest BCUT2D eigenvalue weighted by atomic mass is 35.5. The average molecular weight is 406 g/mol. The zero-order valence-electron chi connectivity index (χ0n) is 15.8. The fraction of sp³-hybridized carbons (Fsp3) is 0.400. The van der Waals surface area contributed by atoms with Crippen molar-refractivity contribution in [3.05, 3.63) is 63.2 Å². The Morgan fingerprint density at radius 3 is 2.61 bits per heavy atom. The first-order valence-corrected chi connectivity index (χ1v) is 9.59. The Bertz CT molecular complexity index is 825. The maximum absolute atomic E-state index is 11.3. The molecule has 1 unspecified atom stereocenters. The van der Waals surface area contributed by atoms with Gasteiger partial charge in [-0.1, -0.05) is 29.8 Å². The number of anilines is 1. The molecule has 1 fully saturated rings. The molecule has 0 amide bonds. The summed E-state index contributed by atoms with van der Waals surface area (Å²) in [6.45, 7) is 5.41. The molecule has 1 heterocycles. The minimum atomic E-state index is -0.601. The maximum atomic E-state index is 11.3. The highest BCUT2D eigenvalue weighted by molar-refractivity contribution is 6.30. The van der Waals surface area contributed by atoms with Crippen molar-refractivity contribution in [1.29, 1.82) is 0 Å². The number of benzene rings is 2. The third-order valence-electron chi connectivity index (χ3n) is 4.84. The van der Waals surface area contributed by atoms with E-state index in [1.807, 2.05) is 36.1 Å². The van der Waals surface area contributed by atoms with Crippen LogP contribution in [0.4, 0.5) is 11.4 Å². The highest BCUT2D eigenvalue weighted by Crippen LogP contribution is 2.31. The number of aryl methyl sites for hydroxylation is 1. The summed E-state index contributed by atoms with van der Waals surface area (Å²) in [5.41, 5.74) is 1.64. The molecule has 0 spiro atoms. The molecular formula is C20H24ClN3O4. The number of aliphatic hydroxyl groups excluding tert-OH is 1. The van der Waals surface area contributed by atoms with Crippen LogP contribution < -0.4 is 9.64 Å². The summed E-state index contributed by atoms with van der Waals surface area (Å²) >= 11 is 5.89. The van der Waals surface area contributed by atoms with Gasteiger partial charge in [-0.2, -0.15) is 0 Å². The third kappa shape index (κ3) is 5.13. The SMILES string of the molecule is Cc1ccccc1OCC(O)CN1CCN(c2ccc(Cl)cc2[N+](=O)[O-])CC1. The Morgan fingerprint density at radius 1 is 1.21 bits per heavy atom. The first-order chi connectivity index (χ1) is 13.4. The van der Waals surface area contributed by atoms with Gasteiger partial charge in [-0.3, -0.25) is 15.0 Å². The lowest BCUT2D eigenvalue weighted by molar-refractivity contribution is -0.384. The number of rotatable bonds is 7. The standard InChI is InChI=1S/C20H24ClN3O4/c1-15-4-2-3-5-20(15)28-14-17(25)13-22-8-10-23(11-9-22)18-7-6-16(21)12-19(18)24(26)27/h2-7,12,17,25H,8-11,13-14H2,1H3. The van der Waals surface area contributed by atoms with Crippen LogP contribution in [-0.2, 0) is 0 Å². The monoisotopic (exact) mass is 405 g/mol. The molecule has 2 aromatic carbocycles. The number of ether oxygens (including phenoxy) is 1. The number of halogens is 1. The first-order valence-electron chi connectivity index (χ1n) is 9.22. The van der Waals surface area contributed by atoms with Gasteiger partial charge in [-0.15, -0.1) is 0 Å². The minimum Gasteiger partial charge on any atom is -0.491 e. The van der Waals surface area contributed by atoms with Gasteiger partial charge in [0.25, 0.3) is 5.69 Å². The van der Waals surface area contributed by atoms with Crippen LogP contribution in [0.2, 0.25) is 5.02 Å². The zero-order chi connectivity index (χ0) is 20.1. The largest absolute Gasteiger partial charge is 0.491 e. The van der Waals surface area contributed by atoms with E-state index in [-0.39, 0.29) is 12.3 Å². The Balaban J connectivity index is 1.50. The van der Waals surface area contributed by atoms with Crippen LogP contribution in [0.1, 0.15) is 5.56 Å². The number of para-hydroxylation sites is 1. The highest BCUT2D eigenvalue weighted by Gasteiger charge is 2.25. The lowest BCUT2D eigenvalue weighted by atomic mass is 10.2. The van der Waals surface area contributed by atoms with Gasteiger partial charge in [0.2, 0.25) is 0 Å². The van der Waals surface area contributed by atoms with E-state index in [0.29, 0.717) is 43.4 Å². The summed E-state index contributed by atoms with van der Waals surface area (Å²) in [5.74, 6) is 0.779. The van der Waals surface area contributed by atoms with E-state index in [9.17, 15) is 15.2 Å². The number of piperazine rings is 1. The van der Waals surface area contributed by atoms with Crippen molar-refractivity contribution in [3.8, 4) is 5.75 Å². The van der Waals surface area contributed by atoms with Gasteiger partial charge >= 0.3 is 0 Å². The van der Waals surface area contributed by atoms with Crippen LogP contribution >= 0.6 is 11.6 Å². The molecule has 150 valence electrons. The van der Waals surface area contributed by atoms with Gasteiger partial charge < -0.3 is 14.7 Å². The van der Waals surface area contributed by atoms with E-state index in [2.05, 4.69) is 4.90 Å². The summed E-state index contributed by atoms with van der Waals surface area (Å²) < 4.78 is 5.71. The summed E-state index contributed by atoms with van der Waals surface area (Å²) in [5, 5.41) is 22.0. The van der Waals surface area contributed by atoms with Crippen molar-refractivity contribution < 1.29 is 14.8 Å². The first kappa shape index (κ1) is 20.4. The molecule has 3 rings (SSSR count). The normalized spacial score (nSPS) is 16.0. The molecule has 0 aliphatic carbocycles. The molecule has 1 saturated heterocycles. The molecule has 28 heavy (non-hydrogen) atoms. The number of aliphatic hydroxyl groups is 1. The van der Waals surface area contributed by atoms with Gasteiger partial charge in [0, 0.05) is 43.8 Å². The van der Waals surface area contributed by atoms with Gasteiger partial charge in [0.1, 0.15) is 24.1 Å². The quantitative estimate of drug-likeness (QED) is 0.563. The summed E-state index contributed by atoms with van der Waals surface area (Å²) in [4.78, 5) is 15.0. The molecule has 1 N–H and O–H groups in total. The second-order valence-electron chi connectivity index (χ2n) is 6.91. The molecule has 0 bridgehead atoms.